The molecule has 0 radical (unpaired) electrons. The summed E-state index contributed by atoms with van der Waals surface area (Å²) in [5.74, 6) is 0. The molecule has 0 N–H and O–H groups in total. The van der Waals surface area contributed by atoms with E-state index in [0.29, 0.717) is 11.3 Å². The van der Waals surface area contributed by atoms with Crippen molar-refractivity contribution in [1.82, 2.24) is 0 Å². The van der Waals surface area contributed by atoms with Gasteiger partial charge >= 0.3 is 0 Å². The fraction of sp³-hybridized carbons (Fsp3) is 0.0169. The van der Waals surface area contributed by atoms with Crippen molar-refractivity contribution in [3.63, 3.8) is 0 Å². The molecule has 292 valence electrons. The molecule has 2 aliphatic rings. The maximum Gasteiger partial charge on any atom is 0.189 e. The van der Waals surface area contributed by atoms with Crippen LogP contribution in [0.1, 0.15) is 27.8 Å². The Morgan fingerprint density at radius 2 is 0.825 bits per heavy atom. The number of para-hydroxylation sites is 2. The lowest BCUT2D eigenvalue weighted by molar-refractivity contribution is 0.796. The van der Waals surface area contributed by atoms with Crippen LogP contribution in [0.2, 0.25) is 0 Å². The Morgan fingerprint density at radius 1 is 0.365 bits per heavy atom. The lowest BCUT2D eigenvalue weighted by Gasteiger charge is -2.31. The van der Waals surface area contributed by atoms with Crippen LogP contribution in [-0.4, -0.2) is 0 Å². The van der Waals surface area contributed by atoms with E-state index in [0.717, 1.165) is 55.7 Å². The molecule has 4 heteroatoms. The highest BCUT2D eigenvalue weighted by molar-refractivity contribution is 6.04. The van der Waals surface area contributed by atoms with Crippen LogP contribution in [0.3, 0.4) is 0 Å². The van der Waals surface area contributed by atoms with Crippen molar-refractivity contribution in [2.24, 2.45) is 0 Å². The third kappa shape index (κ3) is 5.53. The highest BCUT2D eigenvalue weighted by atomic mass is 15.1. The van der Waals surface area contributed by atoms with Gasteiger partial charge in [-0.05, 0) is 169 Å². The SMILES string of the molecule is [C-]#[N+]c1cccc(N(c2ccccc2)c2ccc3cc4c(cc3c2)C2(c3ccccc3-c3ccccc32)c2cc3cc(N(c5ccccc5)c5cccc(C#N)c5)ccc3cc2-4)c1. The van der Waals surface area contributed by atoms with E-state index in [1.807, 2.05) is 48.5 Å². The van der Waals surface area contributed by atoms with Gasteiger partial charge in [0.25, 0.3) is 0 Å². The van der Waals surface area contributed by atoms with Crippen LogP contribution in [0.15, 0.2) is 218 Å². The molecular weight excluding hydrogens is 765 g/mol. The Balaban J connectivity index is 1.10. The second kappa shape index (κ2) is 14.2. The van der Waals surface area contributed by atoms with E-state index in [1.54, 1.807) is 0 Å². The summed E-state index contributed by atoms with van der Waals surface area (Å²) in [4.78, 5) is 8.24. The van der Waals surface area contributed by atoms with E-state index >= 15 is 0 Å². The number of hydrogen-bond donors (Lipinski definition) is 0. The summed E-state index contributed by atoms with van der Waals surface area (Å²) in [5, 5.41) is 14.5. The quantitative estimate of drug-likeness (QED) is 0.157. The van der Waals surface area contributed by atoms with Crippen molar-refractivity contribution >= 4 is 61.4 Å². The summed E-state index contributed by atoms with van der Waals surface area (Å²) < 4.78 is 0. The summed E-state index contributed by atoms with van der Waals surface area (Å²) in [5.41, 5.74) is 16.7. The zero-order valence-electron chi connectivity index (χ0n) is 34.1. The van der Waals surface area contributed by atoms with E-state index in [9.17, 15) is 5.26 Å². The number of nitrogens with zero attached hydrogens (tertiary/aromatic N) is 4. The van der Waals surface area contributed by atoms with Crippen LogP contribution < -0.4 is 9.80 Å². The summed E-state index contributed by atoms with van der Waals surface area (Å²) in [7, 11) is 0. The Bertz CT molecular complexity index is 3320. The average Bonchev–Trinajstić information content (AvgIpc) is 3.79. The smallest absolute Gasteiger partial charge is 0.189 e. The zero-order chi connectivity index (χ0) is 42.1. The largest absolute Gasteiger partial charge is 0.312 e. The van der Waals surface area contributed by atoms with Gasteiger partial charge in [0.1, 0.15) is 0 Å². The number of rotatable bonds is 6. The van der Waals surface area contributed by atoms with E-state index in [1.165, 1.54) is 44.5 Å². The molecule has 0 heterocycles. The zero-order valence-corrected chi connectivity index (χ0v) is 34.1. The van der Waals surface area contributed by atoms with Crippen molar-refractivity contribution in [3.05, 3.63) is 258 Å². The first-order valence-corrected chi connectivity index (χ1v) is 21.2. The average molecular weight is 801 g/mol. The van der Waals surface area contributed by atoms with Crippen LogP contribution in [-0.2, 0) is 5.41 Å². The minimum absolute atomic E-state index is 0.560. The van der Waals surface area contributed by atoms with Gasteiger partial charge in [-0.25, -0.2) is 4.85 Å². The topological polar surface area (TPSA) is 34.6 Å². The maximum absolute atomic E-state index is 9.86. The lowest BCUT2D eigenvalue weighted by atomic mass is 9.70. The molecule has 2 aliphatic carbocycles. The lowest BCUT2D eigenvalue weighted by Crippen LogP contribution is -2.25. The molecule has 10 aromatic carbocycles. The van der Waals surface area contributed by atoms with Gasteiger partial charge in [-0.15, -0.1) is 0 Å². The molecule has 4 nitrogen and oxygen atoms in total. The van der Waals surface area contributed by atoms with Gasteiger partial charge in [0.2, 0.25) is 0 Å². The fourth-order valence-corrected chi connectivity index (χ4v) is 10.3. The van der Waals surface area contributed by atoms with Gasteiger partial charge in [0.15, 0.2) is 5.69 Å². The molecular formula is C59H36N4. The summed E-state index contributed by atoms with van der Waals surface area (Å²) >= 11 is 0. The van der Waals surface area contributed by atoms with Crippen LogP contribution in [0.25, 0.3) is 48.6 Å². The van der Waals surface area contributed by atoms with Crippen LogP contribution >= 0.6 is 0 Å². The highest BCUT2D eigenvalue weighted by Gasteiger charge is 2.51. The van der Waals surface area contributed by atoms with Gasteiger partial charge in [-0.1, -0.05) is 115 Å². The van der Waals surface area contributed by atoms with Crippen molar-refractivity contribution in [2.75, 3.05) is 9.80 Å². The van der Waals surface area contributed by atoms with E-state index in [2.05, 4.69) is 191 Å². The van der Waals surface area contributed by atoms with Crippen molar-refractivity contribution in [3.8, 4) is 28.3 Å². The number of fused-ring (bicyclic) bond motifs is 12. The molecule has 0 aromatic heterocycles. The first-order valence-electron chi connectivity index (χ1n) is 21.2. The first-order chi connectivity index (χ1) is 31.1. The van der Waals surface area contributed by atoms with Crippen molar-refractivity contribution < 1.29 is 0 Å². The second-order valence-electron chi connectivity index (χ2n) is 16.3. The standard InChI is InChI=1S/C59H36N4/c1-61-44-15-13-21-48(37-44)63(46-18-6-3-7-19-46)50-29-27-41-34-54-53-33-40-26-28-49(62(45-16-4-2-5-17-45)47-20-12-14-39(30-47)38-60)31-42(40)35-57(53)59(58(54)36-43(41)32-50)55-24-10-8-22-51(55)52-23-9-11-25-56(52)59/h2-37H. The van der Waals surface area contributed by atoms with Crippen molar-refractivity contribution in [2.45, 2.75) is 5.41 Å². The second-order valence-corrected chi connectivity index (χ2v) is 16.3. The molecule has 0 aliphatic heterocycles. The Hall–Kier alpha value is -8.70. The van der Waals surface area contributed by atoms with Gasteiger partial charge in [-0.2, -0.15) is 5.26 Å². The van der Waals surface area contributed by atoms with Crippen LogP contribution in [0.5, 0.6) is 0 Å². The molecule has 0 atom stereocenters. The molecule has 12 rings (SSSR count). The van der Waals surface area contributed by atoms with E-state index < -0.39 is 5.41 Å². The van der Waals surface area contributed by atoms with Gasteiger partial charge in [0.05, 0.1) is 23.6 Å². The number of nitriles is 1. The molecule has 1 spiro atoms. The molecule has 0 saturated heterocycles. The third-order valence-electron chi connectivity index (χ3n) is 13.0. The summed E-state index contributed by atoms with van der Waals surface area (Å²) in [6.45, 7) is 7.76. The minimum atomic E-state index is -0.560. The highest BCUT2D eigenvalue weighted by Crippen LogP contribution is 2.64. The van der Waals surface area contributed by atoms with Gasteiger partial charge in [0, 0.05) is 34.1 Å². The van der Waals surface area contributed by atoms with Crippen molar-refractivity contribution in [1.29, 1.82) is 5.26 Å². The molecule has 0 saturated carbocycles. The Kier molecular flexibility index (Phi) is 8.16. The predicted molar refractivity (Wildman–Crippen MR) is 258 cm³/mol. The number of benzene rings is 10. The number of anilines is 6. The van der Waals surface area contributed by atoms with Crippen LogP contribution in [0, 0.1) is 17.9 Å². The molecule has 0 amide bonds. The normalized spacial score (nSPS) is 12.5. The van der Waals surface area contributed by atoms with E-state index in [4.69, 9.17) is 6.57 Å². The predicted octanol–water partition coefficient (Wildman–Crippen LogP) is 15.7. The Morgan fingerprint density at radius 3 is 1.35 bits per heavy atom. The maximum atomic E-state index is 9.86. The molecule has 10 aromatic rings. The molecule has 0 unspecified atom stereocenters. The minimum Gasteiger partial charge on any atom is -0.312 e. The fourth-order valence-electron chi connectivity index (χ4n) is 10.3. The van der Waals surface area contributed by atoms with E-state index in [-0.39, 0.29) is 0 Å². The monoisotopic (exact) mass is 800 g/mol. The summed E-state index contributed by atoms with van der Waals surface area (Å²) in [6.07, 6.45) is 0. The van der Waals surface area contributed by atoms with Gasteiger partial charge in [-0.3, -0.25) is 0 Å². The summed E-state index contributed by atoms with van der Waals surface area (Å²) in [6, 6.07) is 79.9. The third-order valence-corrected chi connectivity index (χ3v) is 13.0. The van der Waals surface area contributed by atoms with Crippen LogP contribution in [0.4, 0.5) is 39.8 Å². The molecule has 0 fully saturated rings. The van der Waals surface area contributed by atoms with Gasteiger partial charge < -0.3 is 9.80 Å². The first kappa shape index (κ1) is 36.2. The number of hydrogen-bond acceptors (Lipinski definition) is 3. The Labute approximate surface area is 366 Å². The molecule has 0 bridgehead atoms. The molecule has 63 heavy (non-hydrogen) atoms.